The molecule has 0 aliphatic carbocycles. The first-order valence-electron chi connectivity index (χ1n) is 7.76. The zero-order chi connectivity index (χ0) is 14.2. The monoisotopic (exact) mass is 266 g/mol. The molecule has 0 spiro atoms. The van der Waals surface area contributed by atoms with Gasteiger partial charge in [0.05, 0.1) is 6.26 Å². The van der Waals surface area contributed by atoms with Gasteiger partial charge in [-0.3, -0.25) is 4.79 Å². The zero-order valence-electron chi connectivity index (χ0n) is 12.5. The Balaban J connectivity index is 3.24. The number of hydrogen-bond donors (Lipinski definition) is 0. The summed E-state index contributed by atoms with van der Waals surface area (Å²) in [5.41, 5.74) is 0. The lowest BCUT2D eigenvalue weighted by Gasteiger charge is -2.01. The van der Waals surface area contributed by atoms with Gasteiger partial charge in [0.25, 0.3) is 0 Å². The first-order chi connectivity index (χ1) is 9.31. The van der Waals surface area contributed by atoms with Crippen molar-refractivity contribution >= 4 is 5.97 Å². The fraction of sp³-hybridized carbons (Fsp3) is 0.706. The average Bonchev–Trinajstić information content (AvgIpc) is 2.41. The summed E-state index contributed by atoms with van der Waals surface area (Å²) in [4.78, 5) is 11.4. The third-order valence-electron chi connectivity index (χ3n) is 3.06. The van der Waals surface area contributed by atoms with Gasteiger partial charge in [0.2, 0.25) is 0 Å². The highest BCUT2D eigenvalue weighted by atomic mass is 16.5. The minimum atomic E-state index is -0.0978. The SMILES string of the molecule is C=CCCCCCCCCC(=O)O/C=C/CCCC. The van der Waals surface area contributed by atoms with Crippen molar-refractivity contribution in [2.75, 3.05) is 0 Å². The first-order valence-corrected chi connectivity index (χ1v) is 7.76. The van der Waals surface area contributed by atoms with Gasteiger partial charge in [-0.15, -0.1) is 6.58 Å². The molecule has 0 unspecified atom stereocenters. The lowest BCUT2D eigenvalue weighted by atomic mass is 10.1. The Morgan fingerprint density at radius 2 is 1.68 bits per heavy atom. The van der Waals surface area contributed by atoms with Crippen LogP contribution in [0.15, 0.2) is 25.0 Å². The lowest BCUT2D eigenvalue weighted by Crippen LogP contribution is -1.98. The predicted molar refractivity (Wildman–Crippen MR) is 81.9 cm³/mol. The van der Waals surface area contributed by atoms with Crippen molar-refractivity contribution in [3.8, 4) is 0 Å². The maximum Gasteiger partial charge on any atom is 0.310 e. The molecule has 0 heterocycles. The molecule has 110 valence electrons. The molecule has 19 heavy (non-hydrogen) atoms. The fourth-order valence-electron chi connectivity index (χ4n) is 1.84. The first kappa shape index (κ1) is 17.9. The van der Waals surface area contributed by atoms with Gasteiger partial charge in [0.15, 0.2) is 0 Å². The highest BCUT2D eigenvalue weighted by molar-refractivity contribution is 5.69. The second kappa shape index (κ2) is 15.0. The van der Waals surface area contributed by atoms with Crippen LogP contribution in [0.25, 0.3) is 0 Å². The summed E-state index contributed by atoms with van der Waals surface area (Å²) >= 11 is 0. The Kier molecular flexibility index (Phi) is 14.2. The Hall–Kier alpha value is -1.05. The number of ether oxygens (including phenoxy) is 1. The number of allylic oxidation sites excluding steroid dienone is 2. The van der Waals surface area contributed by atoms with Gasteiger partial charge in [-0.25, -0.2) is 0 Å². The molecule has 0 saturated heterocycles. The van der Waals surface area contributed by atoms with Crippen LogP contribution in [-0.4, -0.2) is 5.97 Å². The standard InChI is InChI=1S/C17H30O2/c1-3-5-7-9-10-11-12-13-15-17(18)19-16-14-8-6-4-2/h3,14,16H,1,4-13,15H2,2H3/b16-14+. The number of carbonyl (C=O) groups is 1. The van der Waals surface area contributed by atoms with Crippen molar-refractivity contribution in [2.45, 2.75) is 77.6 Å². The summed E-state index contributed by atoms with van der Waals surface area (Å²) in [6.45, 7) is 5.86. The van der Waals surface area contributed by atoms with E-state index >= 15 is 0 Å². The molecule has 0 aromatic carbocycles. The molecule has 0 aromatic rings. The number of hydrogen-bond acceptors (Lipinski definition) is 2. The van der Waals surface area contributed by atoms with E-state index in [4.69, 9.17) is 4.74 Å². The van der Waals surface area contributed by atoms with Crippen molar-refractivity contribution in [1.82, 2.24) is 0 Å². The Morgan fingerprint density at radius 3 is 2.37 bits per heavy atom. The van der Waals surface area contributed by atoms with Crippen molar-refractivity contribution in [3.05, 3.63) is 25.0 Å². The minimum Gasteiger partial charge on any atom is -0.435 e. The Labute approximate surface area is 118 Å². The second-order valence-corrected chi connectivity index (χ2v) is 4.95. The number of rotatable bonds is 13. The van der Waals surface area contributed by atoms with Crippen LogP contribution < -0.4 is 0 Å². The Bertz CT molecular complexity index is 244. The molecule has 0 amide bonds. The van der Waals surface area contributed by atoms with Crippen LogP contribution in [0.4, 0.5) is 0 Å². The van der Waals surface area contributed by atoms with Crippen LogP contribution in [0, 0.1) is 0 Å². The van der Waals surface area contributed by atoms with Crippen LogP contribution in [0.5, 0.6) is 0 Å². The second-order valence-electron chi connectivity index (χ2n) is 4.95. The van der Waals surface area contributed by atoms with Crippen LogP contribution >= 0.6 is 0 Å². The molecular formula is C17H30O2. The molecule has 2 nitrogen and oxygen atoms in total. The van der Waals surface area contributed by atoms with Gasteiger partial charge in [-0.1, -0.05) is 45.1 Å². The van der Waals surface area contributed by atoms with Crippen molar-refractivity contribution in [3.63, 3.8) is 0 Å². The van der Waals surface area contributed by atoms with Gasteiger partial charge >= 0.3 is 5.97 Å². The largest absolute Gasteiger partial charge is 0.435 e. The summed E-state index contributed by atoms with van der Waals surface area (Å²) in [6, 6.07) is 0. The lowest BCUT2D eigenvalue weighted by molar-refractivity contribution is -0.138. The molecule has 0 N–H and O–H groups in total. The number of carbonyl (C=O) groups excluding carboxylic acids is 1. The maximum absolute atomic E-state index is 11.4. The van der Waals surface area contributed by atoms with E-state index in [1.165, 1.54) is 32.1 Å². The van der Waals surface area contributed by atoms with Crippen molar-refractivity contribution in [2.24, 2.45) is 0 Å². The minimum absolute atomic E-state index is 0.0978. The van der Waals surface area contributed by atoms with Gasteiger partial charge in [-0.2, -0.15) is 0 Å². The van der Waals surface area contributed by atoms with Crippen LogP contribution in [0.2, 0.25) is 0 Å². The highest BCUT2D eigenvalue weighted by Crippen LogP contribution is 2.09. The van der Waals surface area contributed by atoms with Crippen LogP contribution in [0.1, 0.15) is 77.6 Å². The topological polar surface area (TPSA) is 26.3 Å². The van der Waals surface area contributed by atoms with Crippen molar-refractivity contribution in [1.29, 1.82) is 0 Å². The molecule has 0 rings (SSSR count). The highest BCUT2D eigenvalue weighted by Gasteiger charge is 2.00. The van der Waals surface area contributed by atoms with Gasteiger partial charge in [-0.05, 0) is 38.2 Å². The quantitative estimate of drug-likeness (QED) is 0.189. The molecule has 0 saturated carbocycles. The van der Waals surface area contributed by atoms with Gasteiger partial charge in [0, 0.05) is 6.42 Å². The third kappa shape index (κ3) is 14.9. The van der Waals surface area contributed by atoms with E-state index in [9.17, 15) is 4.79 Å². The van der Waals surface area contributed by atoms with E-state index < -0.39 is 0 Å². The molecule has 0 bridgehead atoms. The zero-order valence-corrected chi connectivity index (χ0v) is 12.5. The smallest absolute Gasteiger partial charge is 0.310 e. The molecule has 2 heteroatoms. The summed E-state index contributed by atoms with van der Waals surface area (Å²) in [5.74, 6) is -0.0978. The van der Waals surface area contributed by atoms with Crippen LogP contribution in [0.3, 0.4) is 0 Å². The molecule has 0 radical (unpaired) electrons. The van der Waals surface area contributed by atoms with E-state index in [2.05, 4.69) is 13.5 Å². The van der Waals surface area contributed by atoms with Crippen LogP contribution in [-0.2, 0) is 9.53 Å². The van der Waals surface area contributed by atoms with E-state index in [0.717, 1.165) is 32.1 Å². The molecule has 0 fully saturated rings. The number of esters is 1. The van der Waals surface area contributed by atoms with E-state index in [1.807, 2.05) is 12.2 Å². The van der Waals surface area contributed by atoms with E-state index in [1.54, 1.807) is 6.26 Å². The summed E-state index contributed by atoms with van der Waals surface area (Å²) in [6.07, 6.45) is 17.5. The Morgan fingerprint density at radius 1 is 1.00 bits per heavy atom. The van der Waals surface area contributed by atoms with Crippen molar-refractivity contribution < 1.29 is 9.53 Å². The van der Waals surface area contributed by atoms with Gasteiger partial charge in [0.1, 0.15) is 0 Å². The van der Waals surface area contributed by atoms with Gasteiger partial charge < -0.3 is 4.74 Å². The molecule has 0 aromatic heterocycles. The average molecular weight is 266 g/mol. The van der Waals surface area contributed by atoms with E-state index in [-0.39, 0.29) is 5.97 Å². The molecule has 0 aliphatic rings. The molecular weight excluding hydrogens is 236 g/mol. The summed E-state index contributed by atoms with van der Waals surface area (Å²) in [5, 5.41) is 0. The maximum atomic E-state index is 11.4. The summed E-state index contributed by atoms with van der Waals surface area (Å²) in [7, 11) is 0. The number of unbranched alkanes of at least 4 members (excludes halogenated alkanes) is 8. The third-order valence-corrected chi connectivity index (χ3v) is 3.06. The molecule has 0 aliphatic heterocycles. The normalized spacial score (nSPS) is 10.8. The van der Waals surface area contributed by atoms with E-state index in [0.29, 0.717) is 6.42 Å². The molecule has 0 atom stereocenters. The predicted octanol–water partition coefficient (Wildman–Crippen LogP) is 5.54. The summed E-state index contributed by atoms with van der Waals surface area (Å²) < 4.78 is 5.02. The fourth-order valence-corrected chi connectivity index (χ4v) is 1.84.